The van der Waals surface area contributed by atoms with E-state index in [-0.39, 0.29) is 0 Å². The van der Waals surface area contributed by atoms with Crippen LogP contribution in [0.1, 0.15) is 36.1 Å². The van der Waals surface area contributed by atoms with Gasteiger partial charge in [0.05, 0.1) is 5.69 Å². The summed E-state index contributed by atoms with van der Waals surface area (Å²) < 4.78 is 0. The van der Waals surface area contributed by atoms with Gasteiger partial charge in [-0.15, -0.1) is 11.3 Å². The summed E-state index contributed by atoms with van der Waals surface area (Å²) in [5.41, 5.74) is 1.63. The maximum absolute atomic E-state index is 11.9. The third-order valence-electron chi connectivity index (χ3n) is 3.11. The van der Waals surface area contributed by atoms with E-state index in [0.717, 1.165) is 5.69 Å². The quantitative estimate of drug-likeness (QED) is 0.901. The van der Waals surface area contributed by atoms with Crippen LogP contribution in [0.2, 0.25) is 0 Å². The number of hydrogen-bond donors (Lipinski definition) is 2. The minimum absolute atomic E-state index is 0.442. The number of nitrogens with zero attached hydrogens (tertiary/aromatic N) is 1. The van der Waals surface area contributed by atoms with Crippen LogP contribution in [0.25, 0.3) is 0 Å². The van der Waals surface area contributed by atoms with Gasteiger partial charge in [-0.25, -0.2) is 4.98 Å². The van der Waals surface area contributed by atoms with E-state index in [4.69, 9.17) is 0 Å². The summed E-state index contributed by atoms with van der Waals surface area (Å²) in [5, 5.41) is 15.1. The van der Waals surface area contributed by atoms with Crippen molar-refractivity contribution in [2.75, 3.05) is 5.32 Å². The lowest BCUT2D eigenvalue weighted by Gasteiger charge is -2.09. The summed E-state index contributed by atoms with van der Waals surface area (Å²) in [5.74, 6) is 0.129. The minimum Gasteiger partial charge on any atom is -0.378 e. The van der Waals surface area contributed by atoms with Crippen LogP contribution in [-0.2, 0) is 4.79 Å². The third-order valence-corrected chi connectivity index (χ3v) is 3.89. The van der Waals surface area contributed by atoms with Gasteiger partial charge in [-0.2, -0.15) is 0 Å². The second kappa shape index (κ2) is 5.11. The lowest BCUT2D eigenvalue weighted by atomic mass is 10.1. The molecule has 4 nitrogen and oxygen atoms in total. The van der Waals surface area contributed by atoms with Crippen LogP contribution >= 0.6 is 11.3 Å². The van der Waals surface area contributed by atoms with E-state index in [1.807, 2.05) is 11.4 Å². The van der Waals surface area contributed by atoms with Crippen molar-refractivity contribution in [3.05, 3.63) is 47.0 Å². The van der Waals surface area contributed by atoms with Gasteiger partial charge in [0.25, 0.3) is 5.91 Å². The Morgan fingerprint density at radius 1 is 1.37 bits per heavy atom. The number of aliphatic hydroxyl groups is 1. The zero-order chi connectivity index (χ0) is 13.2. The zero-order valence-corrected chi connectivity index (χ0v) is 11.1. The number of carbonyl (C=O) groups excluding carboxylic acids is 1. The highest BCUT2D eigenvalue weighted by atomic mass is 32.1. The van der Waals surface area contributed by atoms with Crippen LogP contribution < -0.4 is 5.32 Å². The monoisotopic (exact) mass is 274 g/mol. The summed E-state index contributed by atoms with van der Waals surface area (Å²) in [6.07, 6.45) is 1.21. The number of rotatable bonds is 4. The Bertz CT molecular complexity index is 578. The van der Waals surface area contributed by atoms with Crippen molar-refractivity contribution in [1.29, 1.82) is 0 Å². The van der Waals surface area contributed by atoms with Gasteiger partial charge in [0, 0.05) is 11.3 Å². The SMILES string of the molecule is O=C(Nc1nc(C2CC2)cs1)C(O)c1ccccc1. The molecule has 1 aromatic heterocycles. The number of thiazole rings is 1. The summed E-state index contributed by atoms with van der Waals surface area (Å²) in [6.45, 7) is 0. The fourth-order valence-electron chi connectivity index (χ4n) is 1.87. The van der Waals surface area contributed by atoms with Crippen molar-refractivity contribution in [1.82, 2.24) is 4.98 Å². The average molecular weight is 274 g/mol. The van der Waals surface area contributed by atoms with E-state index in [1.165, 1.54) is 24.2 Å². The van der Waals surface area contributed by atoms with Crippen LogP contribution in [-0.4, -0.2) is 16.0 Å². The van der Waals surface area contributed by atoms with Crippen LogP contribution in [0.4, 0.5) is 5.13 Å². The van der Waals surface area contributed by atoms with E-state index < -0.39 is 12.0 Å². The van der Waals surface area contributed by atoms with Crippen molar-refractivity contribution in [3.8, 4) is 0 Å². The van der Waals surface area contributed by atoms with Crippen LogP contribution in [0.3, 0.4) is 0 Å². The van der Waals surface area contributed by atoms with Crippen LogP contribution in [0, 0.1) is 0 Å². The molecular weight excluding hydrogens is 260 g/mol. The summed E-state index contributed by atoms with van der Waals surface area (Å²) in [4.78, 5) is 16.3. The topological polar surface area (TPSA) is 62.2 Å². The van der Waals surface area contributed by atoms with Gasteiger partial charge >= 0.3 is 0 Å². The molecule has 0 saturated heterocycles. The molecule has 1 aromatic carbocycles. The van der Waals surface area contributed by atoms with Crippen LogP contribution in [0.5, 0.6) is 0 Å². The maximum atomic E-state index is 11.9. The number of aliphatic hydroxyl groups excluding tert-OH is 1. The Hall–Kier alpha value is -1.72. The largest absolute Gasteiger partial charge is 0.378 e. The molecule has 1 fully saturated rings. The van der Waals surface area contributed by atoms with Crippen LogP contribution in [0.15, 0.2) is 35.7 Å². The molecule has 1 amide bonds. The fourth-order valence-corrected chi connectivity index (χ4v) is 2.67. The minimum atomic E-state index is -1.16. The predicted molar refractivity (Wildman–Crippen MR) is 74.1 cm³/mol. The molecule has 2 aromatic rings. The Balaban J connectivity index is 1.66. The molecule has 0 radical (unpaired) electrons. The highest BCUT2D eigenvalue weighted by molar-refractivity contribution is 7.13. The molecule has 5 heteroatoms. The Kier molecular flexibility index (Phi) is 3.31. The van der Waals surface area contributed by atoms with E-state index in [1.54, 1.807) is 24.3 Å². The predicted octanol–water partition coefficient (Wildman–Crippen LogP) is 2.69. The van der Waals surface area contributed by atoms with E-state index in [2.05, 4.69) is 10.3 Å². The molecule has 1 aliphatic carbocycles. The number of nitrogens with one attached hydrogen (secondary N) is 1. The molecule has 0 spiro atoms. The maximum Gasteiger partial charge on any atom is 0.259 e. The number of benzene rings is 1. The Labute approximate surface area is 115 Å². The number of hydrogen-bond acceptors (Lipinski definition) is 4. The number of carbonyl (C=O) groups is 1. The first-order valence-electron chi connectivity index (χ1n) is 6.23. The molecule has 19 heavy (non-hydrogen) atoms. The first kappa shape index (κ1) is 12.3. The van der Waals surface area contributed by atoms with Crippen molar-refractivity contribution in [3.63, 3.8) is 0 Å². The number of aromatic nitrogens is 1. The summed E-state index contributed by atoms with van der Waals surface area (Å²) in [6, 6.07) is 8.88. The summed E-state index contributed by atoms with van der Waals surface area (Å²) >= 11 is 1.40. The lowest BCUT2D eigenvalue weighted by molar-refractivity contribution is -0.124. The average Bonchev–Trinajstić information content (AvgIpc) is 3.20. The van der Waals surface area contributed by atoms with Gasteiger partial charge in [0.15, 0.2) is 11.2 Å². The van der Waals surface area contributed by atoms with Gasteiger partial charge in [0.2, 0.25) is 0 Å². The zero-order valence-electron chi connectivity index (χ0n) is 10.2. The lowest BCUT2D eigenvalue weighted by Crippen LogP contribution is -2.20. The first-order valence-corrected chi connectivity index (χ1v) is 7.11. The molecule has 1 aliphatic rings. The molecule has 1 atom stereocenters. The van der Waals surface area contributed by atoms with Gasteiger partial charge in [-0.1, -0.05) is 30.3 Å². The Morgan fingerprint density at radius 2 is 2.11 bits per heavy atom. The molecule has 1 heterocycles. The molecule has 0 aliphatic heterocycles. The first-order chi connectivity index (χ1) is 9.24. The fraction of sp³-hybridized carbons (Fsp3) is 0.286. The van der Waals surface area contributed by atoms with Crippen molar-refractivity contribution in [2.24, 2.45) is 0 Å². The Morgan fingerprint density at radius 3 is 2.79 bits per heavy atom. The molecule has 2 N–H and O–H groups in total. The molecule has 3 rings (SSSR count). The van der Waals surface area contributed by atoms with E-state index in [9.17, 15) is 9.90 Å². The molecule has 98 valence electrons. The molecule has 0 bridgehead atoms. The van der Waals surface area contributed by atoms with Crippen molar-refractivity contribution >= 4 is 22.4 Å². The summed E-state index contributed by atoms with van der Waals surface area (Å²) in [7, 11) is 0. The number of amides is 1. The van der Waals surface area contributed by atoms with Gasteiger partial charge in [-0.3, -0.25) is 10.1 Å². The van der Waals surface area contributed by atoms with Gasteiger partial charge in [-0.05, 0) is 18.4 Å². The van der Waals surface area contributed by atoms with Gasteiger partial charge < -0.3 is 5.11 Å². The third kappa shape index (κ3) is 2.83. The standard InChI is InChI=1S/C14H14N2O2S/c17-12(10-4-2-1-3-5-10)13(18)16-14-15-11(8-19-14)9-6-7-9/h1-5,8-9,12,17H,6-7H2,(H,15,16,18). The smallest absolute Gasteiger partial charge is 0.259 e. The van der Waals surface area contributed by atoms with Crippen molar-refractivity contribution < 1.29 is 9.90 Å². The molecule has 1 saturated carbocycles. The number of anilines is 1. The highest BCUT2D eigenvalue weighted by Crippen LogP contribution is 2.40. The van der Waals surface area contributed by atoms with Gasteiger partial charge in [0.1, 0.15) is 0 Å². The normalized spacial score (nSPS) is 16.1. The highest BCUT2D eigenvalue weighted by Gasteiger charge is 2.26. The second-order valence-corrected chi connectivity index (χ2v) is 5.51. The molecular formula is C14H14N2O2S. The van der Waals surface area contributed by atoms with E-state index >= 15 is 0 Å². The van der Waals surface area contributed by atoms with E-state index in [0.29, 0.717) is 16.6 Å². The van der Waals surface area contributed by atoms with Crippen molar-refractivity contribution in [2.45, 2.75) is 24.9 Å². The molecule has 1 unspecified atom stereocenters. The second-order valence-electron chi connectivity index (χ2n) is 4.65.